The number of hydrogen-bond donors (Lipinski definition) is 2. The highest BCUT2D eigenvalue weighted by Gasteiger charge is 2.16. The lowest BCUT2D eigenvalue weighted by Crippen LogP contribution is -2.41. The average molecular weight is 221 g/mol. The number of benzene rings is 1. The fourth-order valence-corrected chi connectivity index (χ4v) is 1.28. The maximum Gasteiger partial charge on any atom is 0.249 e. The Bertz CT molecular complexity index is 351. The number of amides is 1. The molecule has 86 valence electrons. The molecule has 1 aromatic rings. The average Bonchev–Trinajstić information content (AvgIpc) is 2.30. The van der Waals surface area contributed by atoms with E-state index in [2.05, 4.69) is 5.32 Å². The second-order valence-corrected chi connectivity index (χ2v) is 3.64. The Kier molecular flexibility index (Phi) is 4.66. The van der Waals surface area contributed by atoms with Crippen LogP contribution < -0.4 is 5.32 Å². The summed E-state index contributed by atoms with van der Waals surface area (Å²) in [4.78, 5) is 21.7. The van der Waals surface area contributed by atoms with Crippen LogP contribution in [0.4, 0.5) is 0 Å². The van der Waals surface area contributed by atoms with Crippen molar-refractivity contribution >= 4 is 12.2 Å². The van der Waals surface area contributed by atoms with Crippen LogP contribution in [0.5, 0.6) is 0 Å². The molecule has 0 fully saturated rings. The van der Waals surface area contributed by atoms with Gasteiger partial charge in [0.1, 0.15) is 12.4 Å². The Morgan fingerprint density at radius 1 is 1.44 bits per heavy atom. The SMILES string of the molecule is CC(C=O)NC(=O)C(O)Cc1ccccc1. The van der Waals surface area contributed by atoms with Crippen molar-refractivity contribution in [1.29, 1.82) is 0 Å². The monoisotopic (exact) mass is 221 g/mol. The Morgan fingerprint density at radius 2 is 2.06 bits per heavy atom. The predicted molar refractivity (Wildman–Crippen MR) is 59.8 cm³/mol. The van der Waals surface area contributed by atoms with E-state index in [1.807, 2.05) is 30.3 Å². The minimum atomic E-state index is -1.12. The van der Waals surface area contributed by atoms with E-state index >= 15 is 0 Å². The molecule has 0 aliphatic rings. The van der Waals surface area contributed by atoms with Crippen molar-refractivity contribution in [3.63, 3.8) is 0 Å². The van der Waals surface area contributed by atoms with Gasteiger partial charge in [-0.1, -0.05) is 30.3 Å². The Labute approximate surface area is 94.3 Å². The Balaban J connectivity index is 2.49. The topological polar surface area (TPSA) is 66.4 Å². The molecule has 16 heavy (non-hydrogen) atoms. The van der Waals surface area contributed by atoms with E-state index in [1.165, 1.54) is 0 Å². The van der Waals surface area contributed by atoms with Crippen molar-refractivity contribution in [3.8, 4) is 0 Å². The van der Waals surface area contributed by atoms with Gasteiger partial charge in [0.25, 0.3) is 0 Å². The highest BCUT2D eigenvalue weighted by molar-refractivity contribution is 5.83. The van der Waals surface area contributed by atoms with Gasteiger partial charge in [-0.2, -0.15) is 0 Å². The zero-order valence-corrected chi connectivity index (χ0v) is 9.09. The van der Waals surface area contributed by atoms with Crippen molar-refractivity contribution < 1.29 is 14.7 Å². The molecule has 2 N–H and O–H groups in total. The first-order valence-electron chi connectivity index (χ1n) is 5.11. The van der Waals surface area contributed by atoms with Gasteiger partial charge in [0.15, 0.2) is 0 Å². The lowest BCUT2D eigenvalue weighted by Gasteiger charge is -2.12. The molecule has 0 aliphatic carbocycles. The van der Waals surface area contributed by atoms with Gasteiger partial charge in [0.2, 0.25) is 5.91 Å². The van der Waals surface area contributed by atoms with Crippen LogP contribution in [0, 0.1) is 0 Å². The zero-order chi connectivity index (χ0) is 12.0. The molecule has 0 saturated heterocycles. The number of rotatable bonds is 5. The predicted octanol–water partition coefficient (Wildman–Crippen LogP) is 0.294. The first kappa shape index (κ1) is 12.4. The van der Waals surface area contributed by atoms with Crippen molar-refractivity contribution in [2.24, 2.45) is 0 Å². The van der Waals surface area contributed by atoms with E-state index in [9.17, 15) is 14.7 Å². The third-order valence-corrected chi connectivity index (χ3v) is 2.15. The van der Waals surface area contributed by atoms with E-state index in [4.69, 9.17) is 0 Å². The molecule has 0 spiro atoms. The van der Waals surface area contributed by atoms with E-state index in [0.717, 1.165) is 5.56 Å². The van der Waals surface area contributed by atoms with Gasteiger partial charge in [-0.15, -0.1) is 0 Å². The maximum atomic E-state index is 11.4. The number of aldehydes is 1. The van der Waals surface area contributed by atoms with Crippen LogP contribution >= 0.6 is 0 Å². The smallest absolute Gasteiger partial charge is 0.249 e. The van der Waals surface area contributed by atoms with Crippen LogP contribution in [0.2, 0.25) is 0 Å². The maximum absolute atomic E-state index is 11.4. The Morgan fingerprint density at radius 3 is 2.62 bits per heavy atom. The molecule has 1 rings (SSSR count). The molecular weight excluding hydrogens is 206 g/mol. The summed E-state index contributed by atoms with van der Waals surface area (Å²) in [6.07, 6.45) is -0.254. The van der Waals surface area contributed by atoms with Crippen LogP contribution in [0.15, 0.2) is 30.3 Å². The van der Waals surface area contributed by atoms with Crippen molar-refractivity contribution in [3.05, 3.63) is 35.9 Å². The van der Waals surface area contributed by atoms with E-state index in [-0.39, 0.29) is 6.42 Å². The number of aliphatic hydroxyl groups is 1. The minimum absolute atomic E-state index is 0.248. The summed E-state index contributed by atoms with van der Waals surface area (Å²) in [5.74, 6) is -0.525. The van der Waals surface area contributed by atoms with E-state index < -0.39 is 18.1 Å². The normalized spacial score (nSPS) is 13.9. The van der Waals surface area contributed by atoms with Gasteiger partial charge < -0.3 is 15.2 Å². The summed E-state index contributed by atoms with van der Waals surface area (Å²) in [6, 6.07) is 8.64. The summed E-state index contributed by atoms with van der Waals surface area (Å²) in [5.41, 5.74) is 0.879. The third-order valence-electron chi connectivity index (χ3n) is 2.15. The van der Waals surface area contributed by atoms with Crippen molar-refractivity contribution in [2.45, 2.75) is 25.5 Å². The number of nitrogens with one attached hydrogen (secondary N) is 1. The van der Waals surface area contributed by atoms with Crippen LogP contribution in [-0.4, -0.2) is 29.4 Å². The van der Waals surface area contributed by atoms with Crippen LogP contribution in [0.25, 0.3) is 0 Å². The fraction of sp³-hybridized carbons (Fsp3) is 0.333. The molecule has 0 saturated carbocycles. The third kappa shape index (κ3) is 3.82. The van der Waals surface area contributed by atoms with Crippen LogP contribution in [0.1, 0.15) is 12.5 Å². The molecule has 4 nitrogen and oxygen atoms in total. The number of carbonyl (C=O) groups excluding carboxylic acids is 2. The first-order chi connectivity index (χ1) is 7.63. The second-order valence-electron chi connectivity index (χ2n) is 3.64. The quantitative estimate of drug-likeness (QED) is 0.702. The molecule has 0 aromatic heterocycles. The standard InChI is InChI=1S/C12H15NO3/c1-9(8-14)13-12(16)11(15)7-10-5-3-2-4-6-10/h2-6,8-9,11,15H,7H2,1H3,(H,13,16). The zero-order valence-electron chi connectivity index (χ0n) is 9.09. The fourth-order valence-electron chi connectivity index (χ4n) is 1.28. The molecule has 4 heteroatoms. The summed E-state index contributed by atoms with van der Waals surface area (Å²) in [5, 5.41) is 12.0. The number of aliphatic hydroxyl groups excluding tert-OH is 1. The highest BCUT2D eigenvalue weighted by atomic mass is 16.3. The minimum Gasteiger partial charge on any atom is -0.383 e. The first-order valence-corrected chi connectivity index (χ1v) is 5.11. The Hall–Kier alpha value is -1.68. The summed E-state index contributed by atoms with van der Waals surface area (Å²) >= 11 is 0. The number of carbonyl (C=O) groups is 2. The van der Waals surface area contributed by atoms with E-state index in [1.54, 1.807) is 6.92 Å². The molecule has 0 heterocycles. The van der Waals surface area contributed by atoms with Crippen molar-refractivity contribution in [2.75, 3.05) is 0 Å². The second kappa shape index (κ2) is 6.02. The van der Waals surface area contributed by atoms with Gasteiger partial charge in [-0.25, -0.2) is 0 Å². The molecule has 0 bridgehead atoms. The summed E-state index contributed by atoms with van der Waals surface area (Å²) in [6.45, 7) is 1.56. The largest absolute Gasteiger partial charge is 0.383 e. The number of hydrogen-bond acceptors (Lipinski definition) is 3. The molecule has 0 aliphatic heterocycles. The van der Waals surface area contributed by atoms with Gasteiger partial charge in [-0.05, 0) is 12.5 Å². The lowest BCUT2D eigenvalue weighted by molar-refractivity contribution is -0.131. The molecule has 1 amide bonds. The van der Waals surface area contributed by atoms with Crippen LogP contribution in [-0.2, 0) is 16.0 Å². The molecule has 0 radical (unpaired) electrons. The summed E-state index contributed by atoms with van der Waals surface area (Å²) in [7, 11) is 0. The van der Waals surface area contributed by atoms with Gasteiger partial charge in [0.05, 0.1) is 6.04 Å². The molecule has 2 unspecified atom stereocenters. The van der Waals surface area contributed by atoms with Gasteiger partial charge >= 0.3 is 0 Å². The lowest BCUT2D eigenvalue weighted by atomic mass is 10.1. The van der Waals surface area contributed by atoms with Crippen molar-refractivity contribution in [1.82, 2.24) is 5.32 Å². The van der Waals surface area contributed by atoms with E-state index in [0.29, 0.717) is 6.29 Å². The molecule has 1 aromatic carbocycles. The van der Waals surface area contributed by atoms with Gasteiger partial charge in [0, 0.05) is 6.42 Å². The van der Waals surface area contributed by atoms with Crippen LogP contribution in [0.3, 0.4) is 0 Å². The highest BCUT2D eigenvalue weighted by Crippen LogP contribution is 2.03. The molecule has 2 atom stereocenters. The molecular formula is C12H15NO3. The van der Waals surface area contributed by atoms with Gasteiger partial charge in [-0.3, -0.25) is 4.79 Å². The summed E-state index contributed by atoms with van der Waals surface area (Å²) < 4.78 is 0.